The van der Waals surface area contributed by atoms with Crippen LogP contribution in [0, 0.1) is 0 Å². The van der Waals surface area contributed by atoms with Crippen molar-refractivity contribution < 1.29 is 9.53 Å². The molecule has 164 valence electrons. The molecule has 32 heavy (non-hydrogen) atoms. The maximum Gasteiger partial charge on any atom is 0.251 e. The summed E-state index contributed by atoms with van der Waals surface area (Å²) in [5.74, 6) is 0.710. The first-order chi connectivity index (χ1) is 15.6. The number of nitrogens with zero attached hydrogens (tertiary/aromatic N) is 3. The molecular formula is C25H27N5O2. The van der Waals surface area contributed by atoms with Gasteiger partial charge in [0.15, 0.2) is 5.65 Å². The Morgan fingerprint density at radius 2 is 1.88 bits per heavy atom. The molecule has 0 aliphatic rings. The third-order valence-electron chi connectivity index (χ3n) is 5.33. The molecule has 0 saturated heterocycles. The number of aromatic nitrogens is 3. The number of hydrogen-bond acceptors (Lipinski definition) is 5. The Hall–Kier alpha value is -3.71. The molecule has 0 atom stereocenters. The summed E-state index contributed by atoms with van der Waals surface area (Å²) < 4.78 is 5.51. The predicted molar refractivity (Wildman–Crippen MR) is 127 cm³/mol. The minimum Gasteiger partial charge on any atom is -0.496 e. The number of fused-ring (bicyclic) bond motifs is 1. The van der Waals surface area contributed by atoms with Gasteiger partial charge in [-0.1, -0.05) is 24.3 Å². The van der Waals surface area contributed by atoms with Crippen molar-refractivity contribution in [3.63, 3.8) is 0 Å². The second-order valence-corrected chi connectivity index (χ2v) is 7.88. The van der Waals surface area contributed by atoms with Crippen LogP contribution in [-0.2, 0) is 0 Å². The summed E-state index contributed by atoms with van der Waals surface area (Å²) in [6, 6.07) is 17.4. The molecule has 7 heteroatoms. The van der Waals surface area contributed by atoms with Gasteiger partial charge in [-0.25, -0.2) is 4.98 Å². The Labute approximate surface area is 187 Å². The van der Waals surface area contributed by atoms with Crippen molar-refractivity contribution in [3.8, 4) is 28.1 Å². The van der Waals surface area contributed by atoms with E-state index in [0.717, 1.165) is 46.5 Å². The van der Waals surface area contributed by atoms with Crippen molar-refractivity contribution in [2.75, 3.05) is 34.3 Å². The second kappa shape index (κ2) is 9.62. The molecule has 0 unspecified atom stereocenters. The molecule has 1 amide bonds. The molecule has 2 aromatic carbocycles. The average molecular weight is 430 g/mol. The lowest BCUT2D eigenvalue weighted by Crippen LogP contribution is -2.27. The van der Waals surface area contributed by atoms with Crippen molar-refractivity contribution in [2.24, 2.45) is 0 Å². The number of benzene rings is 2. The zero-order chi connectivity index (χ0) is 22.5. The maximum absolute atomic E-state index is 12.4. The minimum absolute atomic E-state index is 0.0582. The highest BCUT2D eigenvalue weighted by Crippen LogP contribution is 2.34. The number of aromatic amines is 1. The van der Waals surface area contributed by atoms with Crippen molar-refractivity contribution in [3.05, 3.63) is 66.4 Å². The van der Waals surface area contributed by atoms with Crippen LogP contribution in [0.25, 0.3) is 33.4 Å². The van der Waals surface area contributed by atoms with Gasteiger partial charge in [0.2, 0.25) is 0 Å². The third-order valence-corrected chi connectivity index (χ3v) is 5.33. The van der Waals surface area contributed by atoms with E-state index in [4.69, 9.17) is 4.74 Å². The highest BCUT2D eigenvalue weighted by Gasteiger charge is 2.14. The number of pyridine rings is 1. The summed E-state index contributed by atoms with van der Waals surface area (Å²) in [4.78, 5) is 19.0. The third kappa shape index (κ3) is 4.63. The SMILES string of the molecule is COc1ccccc1-c1[nH]nc2ncc(-c3ccc(C(=O)NCCCN(C)C)cc3)cc12. The van der Waals surface area contributed by atoms with Crippen LogP contribution in [-0.4, -0.2) is 60.3 Å². The topological polar surface area (TPSA) is 83.1 Å². The fourth-order valence-corrected chi connectivity index (χ4v) is 3.63. The van der Waals surface area contributed by atoms with Crippen LogP contribution in [0.2, 0.25) is 0 Å². The Kier molecular flexibility index (Phi) is 6.47. The van der Waals surface area contributed by atoms with Crippen molar-refractivity contribution in [1.29, 1.82) is 0 Å². The van der Waals surface area contributed by atoms with Crippen LogP contribution in [0.1, 0.15) is 16.8 Å². The van der Waals surface area contributed by atoms with Gasteiger partial charge in [-0.15, -0.1) is 0 Å². The molecule has 4 rings (SSSR count). The lowest BCUT2D eigenvalue weighted by atomic mass is 10.0. The summed E-state index contributed by atoms with van der Waals surface area (Å²) in [6.07, 6.45) is 2.72. The molecular weight excluding hydrogens is 402 g/mol. The number of nitrogens with one attached hydrogen (secondary N) is 2. The normalized spacial score (nSPS) is 11.1. The van der Waals surface area contributed by atoms with Gasteiger partial charge in [0.1, 0.15) is 5.75 Å². The van der Waals surface area contributed by atoms with Crippen LogP contribution in [0.5, 0.6) is 5.75 Å². The number of methoxy groups -OCH3 is 1. The molecule has 2 heterocycles. The van der Waals surface area contributed by atoms with Gasteiger partial charge in [0.25, 0.3) is 5.91 Å². The fourth-order valence-electron chi connectivity index (χ4n) is 3.63. The minimum atomic E-state index is -0.0582. The summed E-state index contributed by atoms with van der Waals surface area (Å²) >= 11 is 0. The number of ether oxygens (including phenoxy) is 1. The lowest BCUT2D eigenvalue weighted by Gasteiger charge is -2.10. The molecule has 0 aliphatic carbocycles. The second-order valence-electron chi connectivity index (χ2n) is 7.88. The van der Waals surface area contributed by atoms with Crippen LogP contribution < -0.4 is 10.1 Å². The van der Waals surface area contributed by atoms with Crippen molar-refractivity contribution in [2.45, 2.75) is 6.42 Å². The van der Waals surface area contributed by atoms with E-state index in [1.54, 1.807) is 13.3 Å². The standard InChI is InChI=1S/C25H27N5O2/c1-30(2)14-6-13-26-25(31)18-11-9-17(10-12-18)19-15-21-23(28-29-24(21)27-16-19)20-7-4-5-8-22(20)32-3/h4-5,7-12,15-16H,6,13-14H2,1-3H3,(H,26,31)(H,27,28,29). The Morgan fingerprint density at radius 3 is 2.62 bits per heavy atom. The van der Waals surface area contributed by atoms with E-state index in [1.165, 1.54) is 0 Å². The van der Waals surface area contributed by atoms with Crippen LogP contribution in [0.15, 0.2) is 60.8 Å². The molecule has 7 nitrogen and oxygen atoms in total. The summed E-state index contributed by atoms with van der Waals surface area (Å²) in [7, 11) is 5.70. The number of H-pyrrole nitrogens is 1. The quantitative estimate of drug-likeness (QED) is 0.414. The first-order valence-electron chi connectivity index (χ1n) is 10.6. The van der Waals surface area contributed by atoms with E-state index >= 15 is 0 Å². The van der Waals surface area contributed by atoms with Crippen LogP contribution >= 0.6 is 0 Å². The largest absolute Gasteiger partial charge is 0.496 e. The number of carbonyl (C=O) groups excluding carboxylic acids is 1. The van der Waals surface area contributed by atoms with E-state index in [-0.39, 0.29) is 5.91 Å². The zero-order valence-corrected chi connectivity index (χ0v) is 18.6. The lowest BCUT2D eigenvalue weighted by molar-refractivity contribution is 0.0952. The van der Waals surface area contributed by atoms with E-state index in [2.05, 4.69) is 31.5 Å². The van der Waals surface area contributed by atoms with Crippen LogP contribution in [0.4, 0.5) is 0 Å². The first-order valence-corrected chi connectivity index (χ1v) is 10.6. The maximum atomic E-state index is 12.4. The predicted octanol–water partition coefficient (Wildman–Crippen LogP) is 3.98. The molecule has 0 bridgehead atoms. The van der Waals surface area contributed by atoms with E-state index < -0.39 is 0 Å². The number of hydrogen-bond donors (Lipinski definition) is 2. The molecule has 2 N–H and O–H groups in total. The Bertz CT molecular complexity index is 1210. The van der Waals surface area contributed by atoms with Gasteiger partial charge in [0, 0.05) is 34.8 Å². The summed E-state index contributed by atoms with van der Waals surface area (Å²) in [5.41, 5.74) is 5.01. The molecule has 0 saturated carbocycles. The average Bonchev–Trinajstić information content (AvgIpc) is 3.24. The van der Waals surface area contributed by atoms with Crippen molar-refractivity contribution in [1.82, 2.24) is 25.4 Å². The number of rotatable bonds is 8. The van der Waals surface area contributed by atoms with Crippen LogP contribution in [0.3, 0.4) is 0 Å². The summed E-state index contributed by atoms with van der Waals surface area (Å²) in [5, 5.41) is 11.3. The summed E-state index contributed by atoms with van der Waals surface area (Å²) in [6.45, 7) is 1.60. The van der Waals surface area contributed by atoms with Gasteiger partial charge >= 0.3 is 0 Å². The molecule has 0 aliphatic heterocycles. The molecule has 0 radical (unpaired) electrons. The fraction of sp³-hybridized carbons (Fsp3) is 0.240. The monoisotopic (exact) mass is 429 g/mol. The Morgan fingerprint density at radius 1 is 1.09 bits per heavy atom. The van der Waals surface area contributed by atoms with Gasteiger partial charge in [0.05, 0.1) is 12.8 Å². The number of carbonyl (C=O) groups is 1. The highest BCUT2D eigenvalue weighted by atomic mass is 16.5. The molecule has 2 aromatic heterocycles. The van der Waals surface area contributed by atoms with Gasteiger partial charge < -0.3 is 15.0 Å². The van der Waals surface area contributed by atoms with Gasteiger partial charge in [-0.2, -0.15) is 5.10 Å². The first kappa shape index (κ1) is 21.5. The van der Waals surface area contributed by atoms with E-state index in [1.807, 2.05) is 62.6 Å². The molecule has 0 fully saturated rings. The molecule has 4 aromatic rings. The van der Waals surface area contributed by atoms with Crippen molar-refractivity contribution >= 4 is 16.9 Å². The number of para-hydroxylation sites is 1. The Balaban J connectivity index is 1.56. The van der Waals surface area contributed by atoms with Gasteiger partial charge in [-0.05, 0) is 63.0 Å². The smallest absolute Gasteiger partial charge is 0.251 e. The number of amides is 1. The van der Waals surface area contributed by atoms with E-state index in [9.17, 15) is 4.79 Å². The zero-order valence-electron chi connectivity index (χ0n) is 18.6. The highest BCUT2D eigenvalue weighted by molar-refractivity contribution is 5.96. The van der Waals surface area contributed by atoms with Gasteiger partial charge in [-0.3, -0.25) is 9.89 Å². The van der Waals surface area contributed by atoms with E-state index in [0.29, 0.717) is 17.8 Å². The molecule has 0 spiro atoms.